The van der Waals surface area contributed by atoms with Gasteiger partial charge in [0.1, 0.15) is 0 Å². The Hall–Kier alpha value is -6.74. The molecule has 1 nitrogen and oxygen atoms in total. The Morgan fingerprint density at radius 3 is 1.75 bits per heavy atom. The van der Waals surface area contributed by atoms with Crippen LogP contribution in [0.25, 0.3) is 102 Å². The summed E-state index contributed by atoms with van der Waals surface area (Å²) in [6, 6.07) is 65.1. The Kier molecular flexibility index (Phi) is 6.99. The molecule has 0 saturated heterocycles. The minimum atomic E-state index is 0.986. The molecule has 12 rings (SSSR count). The lowest BCUT2D eigenvalue weighted by Gasteiger charge is -2.18. The summed E-state index contributed by atoms with van der Waals surface area (Å²) in [7, 11) is 0. The van der Waals surface area contributed by atoms with Crippen molar-refractivity contribution in [2.75, 3.05) is 0 Å². The summed E-state index contributed by atoms with van der Waals surface area (Å²) in [6.07, 6.45) is 6.77. The molecule has 1 aliphatic rings. The van der Waals surface area contributed by atoms with Crippen molar-refractivity contribution in [3.05, 3.63) is 199 Å². The molecule has 2 heteroatoms. The summed E-state index contributed by atoms with van der Waals surface area (Å²) in [5.41, 5.74) is 11.6. The van der Waals surface area contributed by atoms with Gasteiger partial charge < -0.3 is 4.57 Å². The number of fused-ring (bicyclic) bond motifs is 13. The van der Waals surface area contributed by atoms with Crippen LogP contribution in [-0.4, -0.2) is 4.57 Å². The van der Waals surface area contributed by atoms with Crippen LogP contribution in [0.5, 0.6) is 0 Å². The summed E-state index contributed by atoms with van der Waals surface area (Å²) in [5.74, 6) is 0. The molecule has 9 aromatic carbocycles. The number of thiophene rings is 1. The van der Waals surface area contributed by atoms with Crippen LogP contribution in [0.2, 0.25) is 0 Å². The molecule has 0 N–H and O–H groups in total. The molecular weight excluding hydrogens is 695 g/mol. The Morgan fingerprint density at radius 1 is 0.375 bits per heavy atom. The first kappa shape index (κ1) is 31.6. The van der Waals surface area contributed by atoms with Gasteiger partial charge >= 0.3 is 0 Å². The maximum atomic E-state index is 2.50. The van der Waals surface area contributed by atoms with Crippen LogP contribution >= 0.6 is 11.3 Å². The maximum absolute atomic E-state index is 2.50. The van der Waals surface area contributed by atoms with E-state index in [1.54, 1.807) is 0 Å². The summed E-state index contributed by atoms with van der Waals surface area (Å²) >= 11 is 1.92. The monoisotopic (exact) mass is 729 g/mol. The molecule has 0 bridgehead atoms. The van der Waals surface area contributed by atoms with Crippen LogP contribution in [0.1, 0.15) is 24.0 Å². The first-order valence-electron chi connectivity index (χ1n) is 19.6. The van der Waals surface area contributed by atoms with Crippen molar-refractivity contribution < 1.29 is 0 Å². The van der Waals surface area contributed by atoms with Gasteiger partial charge in [-0.15, -0.1) is 11.3 Å². The van der Waals surface area contributed by atoms with Gasteiger partial charge in [-0.3, -0.25) is 0 Å². The quantitative estimate of drug-likeness (QED) is 0.159. The number of rotatable bonds is 4. The van der Waals surface area contributed by atoms with Gasteiger partial charge in [0.15, 0.2) is 0 Å². The average molecular weight is 730 g/mol. The standard InChI is InChI=1S/C54H35NS/c1-2-12-34(13-3-1)37-14-10-15-39(32-37)55-49-22-11-21-40(52(49)53-50(55)31-30-47-46-20-8-9-23-51(46)56-54(47)53)36-26-24-35(25-27-36)38-28-29-45-43-18-5-4-16-41(43)42-17-6-7-19-44(42)48(45)33-38/h1-24,26,28-33H,25,27H2. The lowest BCUT2D eigenvalue weighted by molar-refractivity contribution is 1.07. The first-order chi connectivity index (χ1) is 27.8. The highest BCUT2D eigenvalue weighted by molar-refractivity contribution is 7.26. The third-order valence-corrected chi connectivity index (χ3v) is 13.3. The Bertz CT molecular complexity index is 3430. The van der Waals surface area contributed by atoms with Crippen molar-refractivity contribution in [2.45, 2.75) is 12.8 Å². The van der Waals surface area contributed by atoms with Gasteiger partial charge in [0.05, 0.1) is 11.0 Å². The van der Waals surface area contributed by atoms with Gasteiger partial charge in [0, 0.05) is 36.6 Å². The number of hydrogen-bond donors (Lipinski definition) is 0. The number of allylic oxidation sites excluding steroid dienone is 4. The molecule has 0 radical (unpaired) electrons. The predicted octanol–water partition coefficient (Wildman–Crippen LogP) is 15.5. The molecule has 2 aromatic heterocycles. The van der Waals surface area contributed by atoms with E-state index in [1.807, 2.05) is 11.3 Å². The fraction of sp³-hybridized carbons (Fsp3) is 0.0370. The topological polar surface area (TPSA) is 4.93 Å². The highest BCUT2D eigenvalue weighted by Crippen LogP contribution is 2.47. The van der Waals surface area contributed by atoms with Crippen LogP contribution < -0.4 is 0 Å². The maximum Gasteiger partial charge on any atom is 0.0555 e. The van der Waals surface area contributed by atoms with E-state index in [1.165, 1.54) is 113 Å². The summed E-state index contributed by atoms with van der Waals surface area (Å²) in [6.45, 7) is 0. The molecule has 2 heterocycles. The fourth-order valence-electron chi connectivity index (χ4n) is 9.54. The molecule has 11 aromatic rings. The van der Waals surface area contributed by atoms with Crippen molar-refractivity contribution in [1.29, 1.82) is 0 Å². The average Bonchev–Trinajstić information content (AvgIpc) is 3.83. The second-order valence-corrected chi connectivity index (χ2v) is 16.2. The molecule has 56 heavy (non-hydrogen) atoms. The Balaban J connectivity index is 1.06. The van der Waals surface area contributed by atoms with Crippen LogP contribution in [-0.2, 0) is 0 Å². The molecule has 0 amide bonds. The summed E-state index contributed by atoms with van der Waals surface area (Å²) < 4.78 is 5.20. The van der Waals surface area contributed by atoms with Crippen molar-refractivity contribution in [1.82, 2.24) is 4.57 Å². The van der Waals surface area contributed by atoms with Gasteiger partial charge in [-0.05, 0) is 115 Å². The minimum Gasteiger partial charge on any atom is -0.309 e. The second-order valence-electron chi connectivity index (χ2n) is 15.1. The third kappa shape index (κ3) is 4.73. The van der Waals surface area contributed by atoms with E-state index in [0.717, 1.165) is 12.8 Å². The number of hydrogen-bond acceptors (Lipinski definition) is 1. The van der Waals surface area contributed by atoms with Gasteiger partial charge in [0.25, 0.3) is 0 Å². The minimum absolute atomic E-state index is 0.986. The van der Waals surface area contributed by atoms with E-state index in [9.17, 15) is 0 Å². The predicted molar refractivity (Wildman–Crippen MR) is 243 cm³/mol. The van der Waals surface area contributed by atoms with E-state index >= 15 is 0 Å². The van der Waals surface area contributed by atoms with E-state index < -0.39 is 0 Å². The van der Waals surface area contributed by atoms with Crippen molar-refractivity contribution >= 4 is 96.8 Å². The Labute approximate surface area is 328 Å². The molecular formula is C54H35NS. The van der Waals surface area contributed by atoms with Gasteiger partial charge in [-0.1, -0.05) is 152 Å². The van der Waals surface area contributed by atoms with Gasteiger partial charge in [-0.2, -0.15) is 0 Å². The zero-order valence-corrected chi connectivity index (χ0v) is 31.5. The molecule has 0 unspecified atom stereocenters. The van der Waals surface area contributed by atoms with Crippen LogP contribution in [0.15, 0.2) is 188 Å². The molecule has 0 spiro atoms. The Morgan fingerprint density at radius 2 is 0.982 bits per heavy atom. The zero-order chi connectivity index (χ0) is 36.7. The molecule has 0 aliphatic heterocycles. The van der Waals surface area contributed by atoms with Crippen molar-refractivity contribution in [3.63, 3.8) is 0 Å². The lowest BCUT2D eigenvalue weighted by atomic mass is 9.86. The van der Waals surface area contributed by atoms with E-state index in [2.05, 4.69) is 193 Å². The number of benzene rings is 9. The smallest absolute Gasteiger partial charge is 0.0555 e. The molecule has 1 aliphatic carbocycles. The molecule has 0 fully saturated rings. The van der Waals surface area contributed by atoms with Gasteiger partial charge in [-0.25, -0.2) is 0 Å². The van der Waals surface area contributed by atoms with E-state index in [4.69, 9.17) is 0 Å². The zero-order valence-electron chi connectivity index (χ0n) is 30.7. The lowest BCUT2D eigenvalue weighted by Crippen LogP contribution is -1.96. The fourth-order valence-corrected chi connectivity index (χ4v) is 10.8. The SMILES string of the molecule is C1=C(c2ccc3c4ccccc4c4ccccc4c3c2)CCC(c2cccc3c2c2c4sc5ccccc5c4ccc2n3-c2cccc(-c3ccccc3)c2)=C1. The number of nitrogens with zero attached hydrogens (tertiary/aromatic N) is 1. The van der Waals surface area contributed by atoms with Crippen molar-refractivity contribution in [3.8, 4) is 16.8 Å². The largest absolute Gasteiger partial charge is 0.309 e. The molecule has 262 valence electrons. The summed E-state index contributed by atoms with van der Waals surface area (Å²) in [5, 5.41) is 13.3. The summed E-state index contributed by atoms with van der Waals surface area (Å²) in [4.78, 5) is 0. The third-order valence-electron chi connectivity index (χ3n) is 12.1. The molecule has 0 saturated carbocycles. The molecule has 0 atom stereocenters. The van der Waals surface area contributed by atoms with Crippen LogP contribution in [0, 0.1) is 0 Å². The number of aromatic nitrogens is 1. The normalized spacial score (nSPS) is 13.4. The van der Waals surface area contributed by atoms with Crippen molar-refractivity contribution in [2.24, 2.45) is 0 Å². The van der Waals surface area contributed by atoms with E-state index in [-0.39, 0.29) is 0 Å². The highest BCUT2D eigenvalue weighted by Gasteiger charge is 2.22. The van der Waals surface area contributed by atoms with Crippen LogP contribution in [0.4, 0.5) is 0 Å². The second kappa shape index (κ2) is 12.4. The van der Waals surface area contributed by atoms with E-state index in [0.29, 0.717) is 0 Å². The van der Waals surface area contributed by atoms with Gasteiger partial charge in [0.2, 0.25) is 0 Å². The highest BCUT2D eigenvalue weighted by atomic mass is 32.1. The first-order valence-corrected chi connectivity index (χ1v) is 20.4. The van der Waals surface area contributed by atoms with Crippen LogP contribution in [0.3, 0.4) is 0 Å².